The van der Waals surface area contributed by atoms with E-state index in [1.54, 1.807) is 12.3 Å². The van der Waals surface area contributed by atoms with Crippen molar-refractivity contribution in [3.63, 3.8) is 0 Å². The summed E-state index contributed by atoms with van der Waals surface area (Å²) in [7, 11) is 0. The largest absolute Gasteiger partial charge is 0.394 e. The molecule has 1 N–H and O–H groups in total. The van der Waals surface area contributed by atoms with Crippen molar-refractivity contribution in [3.05, 3.63) is 82.4 Å². The second-order valence-electron chi connectivity index (χ2n) is 10.9. The SMILES string of the molecule is Cc1cc(C)c(C(=O)N2CCN(c3ccccn3)[C@H](CO)C2)c(C)c1CC1CCN(c2ccc(F)cn2)CC1.S. The maximum Gasteiger partial charge on any atom is 0.254 e. The number of benzene rings is 1. The van der Waals surface area contributed by atoms with Crippen molar-refractivity contribution in [1.29, 1.82) is 0 Å². The molecule has 40 heavy (non-hydrogen) atoms. The minimum absolute atomic E-state index is 0. The van der Waals surface area contributed by atoms with Crippen LogP contribution in [-0.2, 0) is 6.42 Å². The number of piperazine rings is 1. The number of pyridine rings is 2. The first kappa shape index (κ1) is 29.8. The molecule has 2 aliphatic heterocycles. The third kappa shape index (κ3) is 6.25. The number of carbonyl (C=O) groups excluding carboxylic acids is 1. The number of rotatable bonds is 6. The third-order valence-electron chi connectivity index (χ3n) is 8.41. The molecule has 2 saturated heterocycles. The van der Waals surface area contributed by atoms with Gasteiger partial charge in [0.05, 0.1) is 18.8 Å². The predicted octanol–water partition coefficient (Wildman–Crippen LogP) is 4.44. The van der Waals surface area contributed by atoms with E-state index in [1.165, 1.54) is 23.4 Å². The zero-order valence-electron chi connectivity index (χ0n) is 23.6. The van der Waals surface area contributed by atoms with Gasteiger partial charge in [0.2, 0.25) is 0 Å². The molecule has 1 amide bonds. The maximum atomic E-state index is 13.9. The van der Waals surface area contributed by atoms with Gasteiger partial charge in [0.1, 0.15) is 17.5 Å². The van der Waals surface area contributed by atoms with Gasteiger partial charge in [0.25, 0.3) is 5.91 Å². The lowest BCUT2D eigenvalue weighted by Crippen LogP contribution is -2.56. The van der Waals surface area contributed by atoms with Crippen molar-refractivity contribution in [2.75, 3.05) is 49.1 Å². The molecule has 0 saturated carbocycles. The van der Waals surface area contributed by atoms with Gasteiger partial charge in [-0.15, -0.1) is 0 Å². The lowest BCUT2D eigenvalue weighted by atomic mass is 9.84. The van der Waals surface area contributed by atoms with Crippen LogP contribution in [0.25, 0.3) is 0 Å². The normalized spacial score (nSPS) is 18.0. The Bertz CT molecular complexity index is 1300. The molecule has 0 bridgehead atoms. The summed E-state index contributed by atoms with van der Waals surface area (Å²) >= 11 is 0. The number of halogens is 1. The number of hydrogen-bond acceptors (Lipinski definition) is 6. The van der Waals surface area contributed by atoms with Gasteiger partial charge in [-0.25, -0.2) is 14.4 Å². The minimum Gasteiger partial charge on any atom is -0.394 e. The van der Waals surface area contributed by atoms with Crippen molar-refractivity contribution < 1.29 is 14.3 Å². The van der Waals surface area contributed by atoms with Crippen molar-refractivity contribution in [2.45, 2.75) is 46.1 Å². The van der Waals surface area contributed by atoms with E-state index in [0.29, 0.717) is 25.6 Å². The Kier molecular flexibility index (Phi) is 9.68. The minimum atomic E-state index is -0.314. The van der Waals surface area contributed by atoms with E-state index in [0.717, 1.165) is 60.7 Å². The fourth-order valence-corrected chi connectivity index (χ4v) is 6.26. The van der Waals surface area contributed by atoms with Gasteiger partial charge < -0.3 is 19.8 Å². The van der Waals surface area contributed by atoms with Crippen LogP contribution in [-0.4, -0.2) is 71.3 Å². The summed E-state index contributed by atoms with van der Waals surface area (Å²) in [4.78, 5) is 28.8. The Morgan fingerprint density at radius 1 is 1.00 bits per heavy atom. The van der Waals surface area contributed by atoms with Crippen LogP contribution in [0.4, 0.5) is 16.0 Å². The number of aromatic nitrogens is 2. The van der Waals surface area contributed by atoms with Crippen molar-refractivity contribution >= 4 is 31.0 Å². The highest BCUT2D eigenvalue weighted by Crippen LogP contribution is 2.31. The third-order valence-corrected chi connectivity index (χ3v) is 8.41. The highest BCUT2D eigenvalue weighted by Gasteiger charge is 2.32. The lowest BCUT2D eigenvalue weighted by Gasteiger charge is -2.41. The first-order valence-electron chi connectivity index (χ1n) is 13.9. The first-order chi connectivity index (χ1) is 18.9. The fraction of sp³-hybridized carbons (Fsp3) is 0.452. The summed E-state index contributed by atoms with van der Waals surface area (Å²) in [5, 5.41) is 10.1. The molecule has 0 radical (unpaired) electrons. The summed E-state index contributed by atoms with van der Waals surface area (Å²) in [5.41, 5.74) is 5.38. The number of piperidine rings is 1. The number of aryl methyl sites for hydroxylation is 2. The van der Waals surface area contributed by atoms with Gasteiger partial charge in [0, 0.05) is 44.5 Å². The van der Waals surface area contributed by atoms with Crippen LogP contribution in [0.1, 0.15) is 45.5 Å². The number of carbonyl (C=O) groups is 1. The zero-order chi connectivity index (χ0) is 27.5. The van der Waals surface area contributed by atoms with E-state index >= 15 is 0 Å². The van der Waals surface area contributed by atoms with E-state index in [1.807, 2.05) is 30.0 Å². The Balaban J connectivity index is 0.00000370. The smallest absolute Gasteiger partial charge is 0.254 e. The molecular weight excluding hydrogens is 525 g/mol. The van der Waals surface area contributed by atoms with Crippen LogP contribution in [0.15, 0.2) is 48.8 Å². The van der Waals surface area contributed by atoms with Crippen LogP contribution in [0, 0.1) is 32.5 Å². The molecule has 214 valence electrons. The lowest BCUT2D eigenvalue weighted by molar-refractivity contribution is 0.0697. The van der Waals surface area contributed by atoms with Crippen molar-refractivity contribution in [1.82, 2.24) is 14.9 Å². The number of aliphatic hydroxyl groups is 1. The average molecular weight is 566 g/mol. The molecule has 7 nitrogen and oxygen atoms in total. The molecule has 3 aromatic rings. The Morgan fingerprint density at radius 2 is 1.77 bits per heavy atom. The Labute approximate surface area is 243 Å². The molecule has 2 aliphatic rings. The molecular formula is C31H40FN5O2S. The van der Waals surface area contributed by atoms with Crippen LogP contribution in [0.3, 0.4) is 0 Å². The summed E-state index contributed by atoms with van der Waals surface area (Å²) in [6, 6.07) is 10.9. The number of hydrogen-bond donors (Lipinski definition) is 1. The van der Waals surface area contributed by atoms with E-state index in [-0.39, 0.29) is 37.9 Å². The number of amides is 1. The van der Waals surface area contributed by atoms with Crippen molar-refractivity contribution in [2.24, 2.45) is 5.92 Å². The van der Waals surface area contributed by atoms with Crippen LogP contribution in [0.2, 0.25) is 0 Å². The van der Waals surface area contributed by atoms with Crippen LogP contribution < -0.4 is 9.80 Å². The molecule has 2 aromatic heterocycles. The molecule has 1 atom stereocenters. The molecule has 0 spiro atoms. The molecule has 5 rings (SSSR count). The van der Waals surface area contributed by atoms with Gasteiger partial charge in [-0.3, -0.25) is 4.79 Å². The fourth-order valence-electron chi connectivity index (χ4n) is 6.26. The van der Waals surface area contributed by atoms with E-state index in [9.17, 15) is 14.3 Å². The van der Waals surface area contributed by atoms with Crippen LogP contribution >= 0.6 is 13.5 Å². The molecule has 4 heterocycles. The molecule has 0 aliphatic carbocycles. The Morgan fingerprint density at radius 3 is 2.42 bits per heavy atom. The molecule has 2 fully saturated rings. The molecule has 1 aromatic carbocycles. The number of aliphatic hydroxyl groups excluding tert-OH is 1. The summed E-state index contributed by atoms with van der Waals surface area (Å²) in [6.07, 6.45) is 6.03. The van der Waals surface area contributed by atoms with Gasteiger partial charge in [0.15, 0.2) is 0 Å². The van der Waals surface area contributed by atoms with E-state index in [2.05, 4.69) is 39.7 Å². The summed E-state index contributed by atoms with van der Waals surface area (Å²) in [5.74, 6) is 1.91. The van der Waals surface area contributed by atoms with Gasteiger partial charge >= 0.3 is 0 Å². The topological polar surface area (TPSA) is 72.8 Å². The molecule has 0 unspecified atom stereocenters. The second-order valence-corrected chi connectivity index (χ2v) is 10.9. The van der Waals surface area contributed by atoms with Crippen LogP contribution in [0.5, 0.6) is 0 Å². The Hall–Kier alpha value is -3.17. The zero-order valence-corrected chi connectivity index (χ0v) is 24.6. The molecule has 9 heteroatoms. The highest BCUT2D eigenvalue weighted by atomic mass is 32.1. The van der Waals surface area contributed by atoms with Gasteiger partial charge in [-0.1, -0.05) is 12.1 Å². The first-order valence-corrected chi connectivity index (χ1v) is 13.9. The van der Waals surface area contributed by atoms with Gasteiger partial charge in [-0.05, 0) is 92.5 Å². The quantitative estimate of drug-likeness (QED) is 0.477. The number of nitrogens with zero attached hydrogens (tertiary/aromatic N) is 5. The standard InChI is InChI=1S/C31H38FN5O2.H2S/c1-21-16-22(2)30(31(39)36-14-15-37(26(19-36)20-38)29-6-4-5-11-33-29)23(3)27(21)17-24-9-12-35(13-10-24)28-8-7-25(32)18-34-28;/h4-8,11,16,18,24,26,38H,9-10,12-15,17,19-20H2,1-3H3;1H2/t26-;/m0./s1. The maximum absolute atomic E-state index is 13.9. The van der Waals surface area contributed by atoms with E-state index in [4.69, 9.17) is 0 Å². The number of anilines is 2. The second kappa shape index (κ2) is 13.0. The summed E-state index contributed by atoms with van der Waals surface area (Å²) in [6.45, 7) is 9.69. The summed E-state index contributed by atoms with van der Waals surface area (Å²) < 4.78 is 13.3. The van der Waals surface area contributed by atoms with Crippen molar-refractivity contribution in [3.8, 4) is 0 Å². The monoisotopic (exact) mass is 565 g/mol. The highest BCUT2D eigenvalue weighted by molar-refractivity contribution is 7.59. The van der Waals surface area contributed by atoms with E-state index < -0.39 is 0 Å². The predicted molar refractivity (Wildman–Crippen MR) is 162 cm³/mol. The van der Waals surface area contributed by atoms with Gasteiger partial charge in [-0.2, -0.15) is 13.5 Å². The average Bonchev–Trinajstić information content (AvgIpc) is 2.96.